The maximum absolute atomic E-state index is 12.0. The van der Waals surface area contributed by atoms with Crippen LogP contribution in [0.25, 0.3) is 0 Å². The van der Waals surface area contributed by atoms with E-state index >= 15 is 0 Å². The second-order valence-corrected chi connectivity index (χ2v) is 8.20. The van der Waals surface area contributed by atoms with E-state index in [9.17, 15) is 13.6 Å². The van der Waals surface area contributed by atoms with E-state index in [1.54, 1.807) is 19.1 Å². The fourth-order valence-electron chi connectivity index (χ4n) is 2.62. The largest absolute Gasteiger partial charge is 0.368 e. The lowest BCUT2D eigenvalue weighted by atomic mass is 10.0. The lowest BCUT2D eigenvalue weighted by Gasteiger charge is -2.41. The lowest BCUT2D eigenvalue weighted by molar-refractivity contribution is -0.162. The molecule has 6 heteroatoms. The summed E-state index contributed by atoms with van der Waals surface area (Å²) in [5.41, 5.74) is 1.35. The molecule has 1 fully saturated rings. The fourth-order valence-corrected chi connectivity index (χ4v) is 3.62. The molecule has 0 aromatic carbocycles. The topological polar surface area (TPSA) is 60.9 Å². The van der Waals surface area contributed by atoms with Crippen molar-refractivity contribution in [2.75, 3.05) is 25.9 Å². The molecule has 0 bridgehead atoms. The summed E-state index contributed by atoms with van der Waals surface area (Å²) in [7, 11) is -3.36. The van der Waals surface area contributed by atoms with Crippen molar-refractivity contribution >= 4 is 9.84 Å². The molecule has 130 valence electrons. The quantitative estimate of drug-likeness (QED) is 0.753. The van der Waals surface area contributed by atoms with Gasteiger partial charge in [-0.2, -0.15) is 5.06 Å². The smallest absolute Gasteiger partial charge is 0.175 e. The van der Waals surface area contributed by atoms with Crippen LogP contribution in [0.2, 0.25) is 0 Å². The average molecular weight is 340 g/mol. The van der Waals surface area contributed by atoms with Gasteiger partial charge in [0.1, 0.15) is 0 Å². The zero-order valence-corrected chi connectivity index (χ0v) is 15.3. The maximum Gasteiger partial charge on any atom is 0.175 e. The second-order valence-electron chi connectivity index (χ2n) is 6.22. The van der Waals surface area contributed by atoms with E-state index in [1.807, 2.05) is 0 Å². The predicted octanol–water partition coefficient (Wildman–Crippen LogP) is 2.59. The van der Waals surface area contributed by atoms with E-state index in [0.29, 0.717) is 25.2 Å². The molecular formula is C17H28N2O3S. The van der Waals surface area contributed by atoms with Crippen LogP contribution < -0.4 is 0 Å². The van der Waals surface area contributed by atoms with Gasteiger partial charge in [0.2, 0.25) is 0 Å². The van der Waals surface area contributed by atoms with Gasteiger partial charge in [-0.05, 0) is 30.6 Å². The van der Waals surface area contributed by atoms with Gasteiger partial charge in [-0.3, -0.25) is 0 Å². The van der Waals surface area contributed by atoms with Crippen molar-refractivity contribution in [2.45, 2.75) is 26.8 Å². The normalized spacial score (nSPS) is 22.1. The molecule has 1 aliphatic heterocycles. The third-order valence-corrected chi connectivity index (χ3v) is 5.35. The Morgan fingerprint density at radius 1 is 1.26 bits per heavy atom. The van der Waals surface area contributed by atoms with Gasteiger partial charge >= 0.3 is 0 Å². The van der Waals surface area contributed by atoms with Gasteiger partial charge in [0.05, 0.1) is 10.9 Å². The molecule has 1 unspecified atom stereocenters. The van der Waals surface area contributed by atoms with Crippen LogP contribution in [0.15, 0.2) is 47.6 Å². The molecule has 0 spiro atoms. The molecule has 0 aromatic rings. The van der Waals surface area contributed by atoms with Gasteiger partial charge in [-0.25, -0.2) is 8.42 Å². The van der Waals surface area contributed by atoms with Gasteiger partial charge in [0.15, 0.2) is 9.84 Å². The van der Waals surface area contributed by atoms with E-state index in [2.05, 4.69) is 31.9 Å². The van der Waals surface area contributed by atoms with Crippen molar-refractivity contribution in [3.05, 3.63) is 47.6 Å². The summed E-state index contributed by atoms with van der Waals surface area (Å²) in [6.45, 7) is 15.0. The van der Waals surface area contributed by atoms with E-state index in [0.717, 1.165) is 5.70 Å². The number of hydrogen-bond acceptors (Lipinski definition) is 5. The van der Waals surface area contributed by atoms with E-state index in [-0.39, 0.29) is 16.9 Å². The first-order valence-electron chi connectivity index (χ1n) is 7.69. The summed E-state index contributed by atoms with van der Waals surface area (Å²) < 4.78 is 24.1. The summed E-state index contributed by atoms with van der Waals surface area (Å²) in [5.74, 6) is 0.286. The molecular weight excluding hydrogens is 312 g/mol. The summed E-state index contributed by atoms with van der Waals surface area (Å²) in [6, 6.07) is -0.00161. The highest BCUT2D eigenvalue weighted by atomic mass is 32.2. The summed E-state index contributed by atoms with van der Waals surface area (Å²) >= 11 is 0. The monoisotopic (exact) mass is 340 g/mol. The summed E-state index contributed by atoms with van der Waals surface area (Å²) in [4.78, 5) is 2.31. The van der Waals surface area contributed by atoms with Crippen molar-refractivity contribution in [3.63, 3.8) is 0 Å². The lowest BCUT2D eigenvalue weighted by Crippen LogP contribution is -2.53. The predicted molar refractivity (Wildman–Crippen MR) is 94.7 cm³/mol. The molecule has 1 heterocycles. The molecule has 1 N–H and O–H groups in total. The van der Waals surface area contributed by atoms with E-state index in [4.69, 9.17) is 0 Å². The highest BCUT2D eigenvalue weighted by Gasteiger charge is 2.29. The second kappa shape index (κ2) is 7.95. The number of hydrogen-bond donors (Lipinski definition) is 1. The van der Waals surface area contributed by atoms with Crippen molar-refractivity contribution < 1.29 is 13.6 Å². The number of nitrogens with zero attached hydrogens (tertiary/aromatic N) is 2. The van der Waals surface area contributed by atoms with Crippen molar-refractivity contribution in [2.24, 2.45) is 5.92 Å². The van der Waals surface area contributed by atoms with Crippen LogP contribution in [0.5, 0.6) is 0 Å². The van der Waals surface area contributed by atoms with Crippen LogP contribution in [0.4, 0.5) is 0 Å². The Labute approximate surface area is 140 Å². The van der Waals surface area contributed by atoms with E-state index in [1.165, 1.54) is 17.4 Å². The van der Waals surface area contributed by atoms with Gasteiger partial charge in [-0.15, -0.1) is 0 Å². The van der Waals surface area contributed by atoms with Crippen LogP contribution in [0.1, 0.15) is 20.8 Å². The molecule has 23 heavy (non-hydrogen) atoms. The van der Waals surface area contributed by atoms with Crippen LogP contribution in [-0.4, -0.2) is 55.5 Å². The van der Waals surface area contributed by atoms with Gasteiger partial charge in [-0.1, -0.05) is 33.1 Å². The number of allylic oxidation sites excluding steroid dienone is 4. The number of piperazine rings is 1. The van der Waals surface area contributed by atoms with Gasteiger partial charge in [0.25, 0.3) is 0 Å². The first kappa shape index (κ1) is 19.7. The standard InChI is InChI=1S/C17H28N2O3S/c1-7-14(5)17(23(6,21)22)11-15(8-2)18-9-10-19(20)16(12-18)13(3)4/h7-8,11,13,16,20H,1-2,9-10,12H2,3-6H3/b15-11+,17-14+. The Balaban J connectivity index is 3.21. The molecule has 1 atom stereocenters. The summed E-state index contributed by atoms with van der Waals surface area (Å²) in [5, 5.41) is 11.4. The average Bonchev–Trinajstić information content (AvgIpc) is 2.47. The van der Waals surface area contributed by atoms with Crippen molar-refractivity contribution in [3.8, 4) is 0 Å². The molecule has 1 saturated heterocycles. The SMILES string of the molecule is C=C/C(=C\C(=C(\C)C=C)S(C)(=O)=O)N1CCN(O)C(C(C)C)C1. The zero-order valence-electron chi connectivity index (χ0n) is 14.5. The first-order valence-corrected chi connectivity index (χ1v) is 9.59. The molecule has 0 saturated carbocycles. The Kier molecular flexibility index (Phi) is 6.80. The highest BCUT2D eigenvalue weighted by Crippen LogP contribution is 2.22. The Morgan fingerprint density at radius 3 is 2.30 bits per heavy atom. The van der Waals surface area contributed by atoms with Crippen LogP contribution in [-0.2, 0) is 9.84 Å². The van der Waals surface area contributed by atoms with Gasteiger partial charge in [0, 0.05) is 31.6 Å². The van der Waals surface area contributed by atoms with E-state index < -0.39 is 9.84 Å². The molecule has 1 aliphatic rings. The molecule has 0 radical (unpaired) electrons. The summed E-state index contributed by atoms with van der Waals surface area (Å²) in [6.07, 6.45) is 6.03. The molecule has 5 nitrogen and oxygen atoms in total. The molecule has 0 amide bonds. The van der Waals surface area contributed by atoms with Crippen molar-refractivity contribution in [1.29, 1.82) is 0 Å². The third-order valence-electron chi connectivity index (χ3n) is 4.11. The molecule has 1 rings (SSSR count). The Morgan fingerprint density at radius 2 is 1.87 bits per heavy atom. The maximum atomic E-state index is 12.0. The molecule has 0 aromatic heterocycles. The minimum Gasteiger partial charge on any atom is -0.368 e. The zero-order chi connectivity index (χ0) is 17.8. The van der Waals surface area contributed by atoms with Crippen LogP contribution >= 0.6 is 0 Å². The number of hydroxylamine groups is 2. The fraction of sp³-hybridized carbons (Fsp3) is 0.529. The minimum absolute atomic E-state index is 0.00161. The molecule has 0 aliphatic carbocycles. The van der Waals surface area contributed by atoms with Crippen molar-refractivity contribution in [1.82, 2.24) is 9.96 Å². The minimum atomic E-state index is -3.36. The first-order chi connectivity index (χ1) is 10.6. The third kappa shape index (κ3) is 5.06. The number of rotatable bonds is 6. The highest BCUT2D eigenvalue weighted by molar-refractivity contribution is 7.94. The van der Waals surface area contributed by atoms with Crippen LogP contribution in [0, 0.1) is 5.92 Å². The number of sulfone groups is 1. The Bertz CT molecular complexity index is 618. The van der Waals surface area contributed by atoms with Crippen LogP contribution in [0.3, 0.4) is 0 Å². The van der Waals surface area contributed by atoms with Gasteiger partial charge < -0.3 is 10.1 Å². The Hall–Kier alpha value is -1.37.